The zero-order chi connectivity index (χ0) is 13.0. The van der Waals surface area contributed by atoms with E-state index < -0.39 is 0 Å². The molecule has 1 unspecified atom stereocenters. The zero-order valence-electron chi connectivity index (χ0n) is 11.0. The fourth-order valence-corrected chi connectivity index (χ4v) is 2.46. The maximum Gasteiger partial charge on any atom is 0.131 e. The van der Waals surface area contributed by atoms with Gasteiger partial charge in [-0.2, -0.15) is 0 Å². The molecule has 1 aliphatic rings. The molecule has 2 rings (SSSR count). The molecule has 0 amide bonds. The number of likely N-dealkylation sites (tertiary alicyclic amines) is 1. The Morgan fingerprint density at radius 3 is 2.94 bits per heavy atom. The molecule has 0 N–H and O–H groups in total. The van der Waals surface area contributed by atoms with Crippen LogP contribution in [-0.4, -0.2) is 38.3 Å². The number of benzene rings is 1. The molecule has 1 atom stereocenters. The van der Waals surface area contributed by atoms with Crippen LogP contribution in [0.2, 0.25) is 0 Å². The molecule has 1 aliphatic heterocycles. The van der Waals surface area contributed by atoms with Gasteiger partial charge in [-0.15, -0.1) is 0 Å². The van der Waals surface area contributed by atoms with Crippen molar-refractivity contribution in [3.05, 3.63) is 29.6 Å². The van der Waals surface area contributed by atoms with Gasteiger partial charge >= 0.3 is 0 Å². The number of ether oxygens (including phenoxy) is 2. The van der Waals surface area contributed by atoms with Crippen LogP contribution in [0.5, 0.6) is 5.75 Å². The van der Waals surface area contributed by atoms with Crippen LogP contribution in [0.1, 0.15) is 18.4 Å². The number of hydrogen-bond acceptors (Lipinski definition) is 3. The average molecular weight is 253 g/mol. The van der Waals surface area contributed by atoms with E-state index in [2.05, 4.69) is 4.90 Å². The first-order chi connectivity index (χ1) is 8.74. The first kappa shape index (κ1) is 13.3. The molecule has 1 saturated heterocycles. The molecule has 100 valence electrons. The van der Waals surface area contributed by atoms with Crippen molar-refractivity contribution in [3.8, 4) is 5.75 Å². The van der Waals surface area contributed by atoms with Crippen molar-refractivity contribution >= 4 is 0 Å². The van der Waals surface area contributed by atoms with Crippen LogP contribution in [0.4, 0.5) is 4.39 Å². The normalized spacial score (nSPS) is 20.9. The molecule has 1 aromatic rings. The second-order valence-electron chi connectivity index (χ2n) is 4.66. The molecule has 1 heterocycles. The van der Waals surface area contributed by atoms with Crippen molar-refractivity contribution in [1.29, 1.82) is 0 Å². The van der Waals surface area contributed by atoms with E-state index >= 15 is 0 Å². The van der Waals surface area contributed by atoms with Crippen LogP contribution < -0.4 is 4.74 Å². The largest absolute Gasteiger partial charge is 0.496 e. The van der Waals surface area contributed by atoms with Crippen LogP contribution in [0.15, 0.2) is 18.2 Å². The molecule has 0 saturated carbocycles. The summed E-state index contributed by atoms with van der Waals surface area (Å²) in [4.78, 5) is 2.22. The third-order valence-corrected chi connectivity index (χ3v) is 3.47. The summed E-state index contributed by atoms with van der Waals surface area (Å²) in [5.41, 5.74) is 0.636. The molecule has 18 heavy (non-hydrogen) atoms. The zero-order valence-corrected chi connectivity index (χ0v) is 11.0. The highest BCUT2D eigenvalue weighted by Crippen LogP contribution is 2.24. The third kappa shape index (κ3) is 3.00. The fraction of sp³-hybridized carbons (Fsp3) is 0.571. The average Bonchev–Trinajstić information content (AvgIpc) is 2.41. The standard InChI is InChI=1S/C14H20FNO2/c1-17-11-5-4-8-16(9-11)10-12-13(15)6-3-7-14(12)18-2/h3,6-7,11H,4-5,8-10H2,1-2H3. The highest BCUT2D eigenvalue weighted by molar-refractivity contribution is 5.34. The van der Waals surface area contributed by atoms with E-state index in [0.717, 1.165) is 25.9 Å². The summed E-state index contributed by atoms with van der Waals surface area (Å²) in [6, 6.07) is 4.96. The lowest BCUT2D eigenvalue weighted by Crippen LogP contribution is -2.38. The number of rotatable bonds is 4. The highest BCUT2D eigenvalue weighted by Gasteiger charge is 2.21. The smallest absolute Gasteiger partial charge is 0.131 e. The summed E-state index contributed by atoms with van der Waals surface area (Å²) in [5.74, 6) is 0.420. The van der Waals surface area contributed by atoms with Gasteiger partial charge in [-0.05, 0) is 31.5 Å². The maximum absolute atomic E-state index is 13.8. The Hall–Kier alpha value is -1.13. The Morgan fingerprint density at radius 1 is 1.39 bits per heavy atom. The van der Waals surface area contributed by atoms with Crippen LogP contribution >= 0.6 is 0 Å². The molecule has 1 aromatic carbocycles. The Morgan fingerprint density at radius 2 is 2.22 bits per heavy atom. The summed E-state index contributed by atoms with van der Waals surface area (Å²) < 4.78 is 24.4. The quantitative estimate of drug-likeness (QED) is 0.822. The molecule has 1 fully saturated rings. The van der Waals surface area contributed by atoms with Gasteiger partial charge in [0.05, 0.1) is 13.2 Å². The van der Waals surface area contributed by atoms with Gasteiger partial charge in [0.2, 0.25) is 0 Å². The maximum atomic E-state index is 13.8. The fourth-order valence-electron chi connectivity index (χ4n) is 2.46. The lowest BCUT2D eigenvalue weighted by Gasteiger charge is -2.32. The van der Waals surface area contributed by atoms with Crippen LogP contribution in [0, 0.1) is 5.82 Å². The van der Waals surface area contributed by atoms with Crippen molar-refractivity contribution in [2.24, 2.45) is 0 Å². The Labute approximate surface area is 107 Å². The van der Waals surface area contributed by atoms with Gasteiger partial charge in [-0.1, -0.05) is 6.07 Å². The van der Waals surface area contributed by atoms with E-state index in [1.165, 1.54) is 6.07 Å². The molecule has 0 aromatic heterocycles. The van der Waals surface area contributed by atoms with Crippen LogP contribution in [0.3, 0.4) is 0 Å². The highest BCUT2D eigenvalue weighted by atomic mass is 19.1. The molecule has 0 aliphatic carbocycles. The first-order valence-corrected chi connectivity index (χ1v) is 6.31. The van der Waals surface area contributed by atoms with Crippen LogP contribution in [0.25, 0.3) is 0 Å². The first-order valence-electron chi connectivity index (χ1n) is 6.31. The molecule has 4 heteroatoms. The number of nitrogens with zero attached hydrogens (tertiary/aromatic N) is 1. The second-order valence-corrected chi connectivity index (χ2v) is 4.66. The SMILES string of the molecule is COc1cccc(F)c1CN1CCCC(OC)C1. The lowest BCUT2D eigenvalue weighted by atomic mass is 10.1. The van der Waals surface area contributed by atoms with Gasteiger partial charge in [0.1, 0.15) is 11.6 Å². The summed E-state index contributed by atoms with van der Waals surface area (Å²) in [6.07, 6.45) is 2.44. The van der Waals surface area contributed by atoms with Crippen molar-refractivity contribution < 1.29 is 13.9 Å². The minimum Gasteiger partial charge on any atom is -0.496 e. The van der Waals surface area contributed by atoms with Crippen LogP contribution in [-0.2, 0) is 11.3 Å². The Kier molecular flexibility index (Phi) is 4.55. The Bertz CT molecular complexity index is 397. The van der Waals surface area contributed by atoms with Gasteiger partial charge in [-0.3, -0.25) is 4.90 Å². The molecular formula is C14H20FNO2. The van der Waals surface area contributed by atoms with Crippen molar-refractivity contribution in [1.82, 2.24) is 4.90 Å². The number of hydrogen-bond donors (Lipinski definition) is 0. The summed E-state index contributed by atoms with van der Waals surface area (Å²) >= 11 is 0. The number of methoxy groups -OCH3 is 2. The van der Waals surface area contributed by atoms with E-state index in [0.29, 0.717) is 17.9 Å². The van der Waals surface area contributed by atoms with Gasteiger partial charge in [0, 0.05) is 25.8 Å². The van der Waals surface area contributed by atoms with E-state index in [-0.39, 0.29) is 11.9 Å². The molecule has 0 bridgehead atoms. The minimum atomic E-state index is -0.200. The van der Waals surface area contributed by atoms with Crippen molar-refractivity contribution in [2.75, 3.05) is 27.3 Å². The van der Waals surface area contributed by atoms with Gasteiger partial charge in [0.15, 0.2) is 0 Å². The lowest BCUT2D eigenvalue weighted by molar-refractivity contribution is 0.0279. The summed E-state index contributed by atoms with van der Waals surface area (Å²) in [5, 5.41) is 0. The van der Waals surface area contributed by atoms with Gasteiger partial charge < -0.3 is 9.47 Å². The predicted molar refractivity (Wildman–Crippen MR) is 68.3 cm³/mol. The summed E-state index contributed by atoms with van der Waals surface area (Å²) in [6.45, 7) is 2.42. The monoisotopic (exact) mass is 253 g/mol. The van der Waals surface area contributed by atoms with Gasteiger partial charge in [0.25, 0.3) is 0 Å². The van der Waals surface area contributed by atoms with E-state index in [9.17, 15) is 4.39 Å². The van der Waals surface area contributed by atoms with E-state index in [1.54, 1.807) is 26.4 Å². The van der Waals surface area contributed by atoms with Crippen molar-refractivity contribution in [2.45, 2.75) is 25.5 Å². The number of piperidine rings is 1. The Balaban J connectivity index is 2.09. The van der Waals surface area contributed by atoms with Crippen molar-refractivity contribution in [3.63, 3.8) is 0 Å². The minimum absolute atomic E-state index is 0.200. The molecule has 3 nitrogen and oxygen atoms in total. The third-order valence-electron chi connectivity index (χ3n) is 3.47. The van der Waals surface area contributed by atoms with Gasteiger partial charge in [-0.25, -0.2) is 4.39 Å². The molecular weight excluding hydrogens is 233 g/mol. The summed E-state index contributed by atoms with van der Waals surface area (Å²) in [7, 11) is 3.31. The molecule has 0 radical (unpaired) electrons. The molecule has 0 spiro atoms. The number of halogens is 1. The van der Waals surface area contributed by atoms with E-state index in [1.807, 2.05) is 0 Å². The van der Waals surface area contributed by atoms with E-state index in [4.69, 9.17) is 9.47 Å². The topological polar surface area (TPSA) is 21.7 Å². The predicted octanol–water partition coefficient (Wildman–Crippen LogP) is 2.45. The second kappa shape index (κ2) is 6.16.